The van der Waals surface area contributed by atoms with Crippen molar-refractivity contribution >= 4 is 5.91 Å². The highest BCUT2D eigenvalue weighted by Gasteiger charge is 2.26. The highest BCUT2D eigenvalue weighted by Crippen LogP contribution is 2.29. The topological polar surface area (TPSA) is 50.4 Å². The van der Waals surface area contributed by atoms with Crippen LogP contribution in [0.1, 0.15) is 37.0 Å². The minimum Gasteiger partial charge on any atom is -0.373 e. The third kappa shape index (κ3) is 3.44. The second-order valence-corrected chi connectivity index (χ2v) is 6.16. The maximum Gasteiger partial charge on any atom is 0.223 e. The number of benzene rings is 1. The lowest BCUT2D eigenvalue weighted by atomic mass is 9.93. The van der Waals surface area contributed by atoms with Crippen LogP contribution in [-0.2, 0) is 16.0 Å². The van der Waals surface area contributed by atoms with Crippen LogP contribution in [0, 0.1) is 5.92 Å². The third-order valence-corrected chi connectivity index (χ3v) is 4.59. The first-order valence-corrected chi connectivity index (χ1v) is 7.93. The molecule has 21 heavy (non-hydrogen) atoms. The molecule has 2 N–H and O–H groups in total. The molecule has 3 rings (SSSR count). The van der Waals surface area contributed by atoms with Gasteiger partial charge in [-0.2, -0.15) is 0 Å². The second-order valence-electron chi connectivity index (χ2n) is 6.16. The van der Waals surface area contributed by atoms with Crippen LogP contribution in [0.3, 0.4) is 0 Å². The Balaban J connectivity index is 1.60. The van der Waals surface area contributed by atoms with Crippen molar-refractivity contribution < 1.29 is 9.53 Å². The van der Waals surface area contributed by atoms with Crippen molar-refractivity contribution in [2.24, 2.45) is 5.92 Å². The maximum atomic E-state index is 12.3. The lowest BCUT2D eigenvalue weighted by Gasteiger charge is -2.31. The van der Waals surface area contributed by atoms with Gasteiger partial charge in [0.1, 0.15) is 0 Å². The maximum absolute atomic E-state index is 12.3. The van der Waals surface area contributed by atoms with Crippen molar-refractivity contribution in [3.63, 3.8) is 0 Å². The number of carbonyl (C=O) groups is 1. The largest absolute Gasteiger partial charge is 0.373 e. The Labute approximate surface area is 126 Å². The van der Waals surface area contributed by atoms with Crippen LogP contribution in [0.4, 0.5) is 0 Å². The first-order chi connectivity index (χ1) is 10.2. The molecule has 3 unspecified atom stereocenters. The summed E-state index contributed by atoms with van der Waals surface area (Å²) in [6, 6.07) is 8.58. The van der Waals surface area contributed by atoms with E-state index >= 15 is 0 Å². The van der Waals surface area contributed by atoms with Crippen LogP contribution in [0.5, 0.6) is 0 Å². The first-order valence-electron chi connectivity index (χ1n) is 7.93. The Morgan fingerprint density at radius 2 is 2.29 bits per heavy atom. The van der Waals surface area contributed by atoms with E-state index in [0.717, 1.165) is 25.9 Å². The van der Waals surface area contributed by atoms with Gasteiger partial charge in [-0.1, -0.05) is 31.2 Å². The monoisotopic (exact) mass is 288 g/mol. The van der Waals surface area contributed by atoms with E-state index in [9.17, 15) is 4.79 Å². The molecule has 2 aliphatic heterocycles. The summed E-state index contributed by atoms with van der Waals surface area (Å²) in [6.07, 6.45) is 2.29. The minimum absolute atomic E-state index is 0.0908. The van der Waals surface area contributed by atoms with Crippen LogP contribution in [0.2, 0.25) is 0 Å². The molecule has 2 heterocycles. The fourth-order valence-corrected chi connectivity index (χ4v) is 3.31. The summed E-state index contributed by atoms with van der Waals surface area (Å²) < 4.78 is 5.82. The standard InChI is InChI=1S/C17H24N2O2/c1-12-11-18-8-6-15(12)19-17(20)10-16-14-5-3-2-4-13(14)7-9-21-16/h2-5,12,15-16,18H,6-11H2,1H3,(H,19,20). The molecule has 1 saturated heterocycles. The van der Waals surface area contributed by atoms with Gasteiger partial charge >= 0.3 is 0 Å². The molecule has 1 amide bonds. The zero-order valence-electron chi connectivity index (χ0n) is 12.6. The molecule has 0 aliphatic carbocycles. The lowest BCUT2D eigenvalue weighted by molar-refractivity contribution is -0.125. The smallest absolute Gasteiger partial charge is 0.223 e. The molecule has 0 aromatic heterocycles. The van der Waals surface area contributed by atoms with Crippen molar-refractivity contribution in [2.45, 2.75) is 38.3 Å². The number of nitrogens with one attached hydrogen (secondary N) is 2. The number of hydrogen-bond donors (Lipinski definition) is 2. The number of hydrogen-bond acceptors (Lipinski definition) is 3. The summed E-state index contributed by atoms with van der Waals surface area (Å²) >= 11 is 0. The summed E-state index contributed by atoms with van der Waals surface area (Å²) in [5.41, 5.74) is 2.49. The average Bonchev–Trinajstić information content (AvgIpc) is 2.50. The van der Waals surface area contributed by atoms with E-state index < -0.39 is 0 Å². The fraction of sp³-hybridized carbons (Fsp3) is 0.588. The molecule has 0 radical (unpaired) electrons. The van der Waals surface area contributed by atoms with Crippen molar-refractivity contribution in [3.05, 3.63) is 35.4 Å². The Kier molecular flexibility index (Phi) is 4.56. The molecule has 1 aromatic rings. The van der Waals surface area contributed by atoms with Gasteiger partial charge in [0, 0.05) is 6.04 Å². The van der Waals surface area contributed by atoms with Crippen molar-refractivity contribution in [1.82, 2.24) is 10.6 Å². The zero-order chi connectivity index (χ0) is 14.7. The molecule has 2 aliphatic rings. The molecule has 0 spiro atoms. The molecule has 4 heteroatoms. The Morgan fingerprint density at radius 3 is 3.14 bits per heavy atom. The van der Waals surface area contributed by atoms with Gasteiger partial charge < -0.3 is 15.4 Å². The van der Waals surface area contributed by atoms with Crippen molar-refractivity contribution in [2.75, 3.05) is 19.7 Å². The Morgan fingerprint density at radius 1 is 1.43 bits per heavy atom. The van der Waals surface area contributed by atoms with E-state index in [-0.39, 0.29) is 18.1 Å². The van der Waals surface area contributed by atoms with Crippen LogP contribution in [0.25, 0.3) is 0 Å². The van der Waals surface area contributed by atoms with E-state index in [1.165, 1.54) is 11.1 Å². The molecular weight excluding hydrogens is 264 g/mol. The summed E-state index contributed by atoms with van der Waals surface area (Å²) in [6.45, 7) is 4.86. The lowest BCUT2D eigenvalue weighted by Crippen LogP contribution is -2.48. The first kappa shape index (κ1) is 14.5. The molecule has 4 nitrogen and oxygen atoms in total. The highest BCUT2D eigenvalue weighted by atomic mass is 16.5. The van der Waals surface area contributed by atoms with Gasteiger partial charge in [0.2, 0.25) is 5.91 Å². The van der Waals surface area contributed by atoms with Crippen LogP contribution in [-0.4, -0.2) is 31.6 Å². The Hall–Kier alpha value is -1.39. The number of ether oxygens (including phenoxy) is 1. The van der Waals surface area contributed by atoms with Gasteiger partial charge in [-0.05, 0) is 43.0 Å². The second kappa shape index (κ2) is 6.58. The number of amides is 1. The van der Waals surface area contributed by atoms with Gasteiger partial charge in [0.15, 0.2) is 0 Å². The van der Waals surface area contributed by atoms with Gasteiger partial charge in [0.25, 0.3) is 0 Å². The van der Waals surface area contributed by atoms with Crippen LogP contribution >= 0.6 is 0 Å². The van der Waals surface area contributed by atoms with Gasteiger partial charge in [-0.15, -0.1) is 0 Å². The normalized spacial score (nSPS) is 28.7. The number of piperidine rings is 1. The molecule has 3 atom stereocenters. The Bertz CT molecular complexity index is 503. The molecule has 1 fully saturated rings. The van der Waals surface area contributed by atoms with Crippen LogP contribution < -0.4 is 10.6 Å². The van der Waals surface area contributed by atoms with E-state index in [2.05, 4.69) is 35.8 Å². The average molecular weight is 288 g/mol. The summed E-state index contributed by atoms with van der Waals surface area (Å²) in [7, 11) is 0. The van der Waals surface area contributed by atoms with Crippen LogP contribution in [0.15, 0.2) is 24.3 Å². The number of carbonyl (C=O) groups excluding carboxylic acids is 1. The fourth-order valence-electron chi connectivity index (χ4n) is 3.31. The van der Waals surface area contributed by atoms with E-state index in [1.54, 1.807) is 0 Å². The molecule has 1 aromatic carbocycles. The quantitative estimate of drug-likeness (QED) is 0.892. The van der Waals surface area contributed by atoms with E-state index in [0.29, 0.717) is 18.9 Å². The number of rotatable bonds is 3. The SMILES string of the molecule is CC1CNCCC1NC(=O)CC1OCCc2ccccc21. The van der Waals surface area contributed by atoms with E-state index in [4.69, 9.17) is 4.74 Å². The van der Waals surface area contributed by atoms with Gasteiger partial charge in [-0.3, -0.25) is 4.79 Å². The zero-order valence-corrected chi connectivity index (χ0v) is 12.6. The minimum atomic E-state index is -0.0908. The van der Waals surface area contributed by atoms with Gasteiger partial charge in [0.05, 0.1) is 19.1 Å². The van der Waals surface area contributed by atoms with Crippen molar-refractivity contribution in [1.29, 1.82) is 0 Å². The summed E-state index contributed by atoms with van der Waals surface area (Å²) in [5, 5.41) is 6.54. The molecule has 0 bridgehead atoms. The predicted molar refractivity (Wildman–Crippen MR) is 82.0 cm³/mol. The summed E-state index contributed by atoms with van der Waals surface area (Å²) in [5.74, 6) is 0.595. The predicted octanol–water partition coefficient (Wildman–Crippen LogP) is 1.80. The highest BCUT2D eigenvalue weighted by molar-refractivity contribution is 5.77. The number of fused-ring (bicyclic) bond motifs is 1. The van der Waals surface area contributed by atoms with Gasteiger partial charge in [-0.25, -0.2) is 0 Å². The molecular formula is C17H24N2O2. The van der Waals surface area contributed by atoms with Crippen molar-refractivity contribution in [3.8, 4) is 0 Å². The van der Waals surface area contributed by atoms with E-state index in [1.807, 2.05) is 6.07 Å². The molecule has 0 saturated carbocycles. The third-order valence-electron chi connectivity index (χ3n) is 4.59. The molecule has 114 valence electrons. The summed E-state index contributed by atoms with van der Waals surface area (Å²) in [4.78, 5) is 12.3.